The highest BCUT2D eigenvalue weighted by Crippen LogP contribution is 2.09. The Kier molecular flexibility index (Phi) is 4.33. The Bertz CT molecular complexity index is 280. The lowest BCUT2D eigenvalue weighted by Gasteiger charge is -2.13. The zero-order valence-corrected chi connectivity index (χ0v) is 8.96. The Morgan fingerprint density at radius 1 is 1.64 bits per heavy atom. The minimum Gasteiger partial charge on any atom is -0.310 e. The van der Waals surface area contributed by atoms with Crippen molar-refractivity contribution in [1.82, 2.24) is 10.3 Å². The summed E-state index contributed by atoms with van der Waals surface area (Å²) in [5.74, 6) is 0. The first-order valence-corrected chi connectivity index (χ1v) is 4.98. The van der Waals surface area contributed by atoms with Gasteiger partial charge in [0, 0.05) is 18.4 Å². The van der Waals surface area contributed by atoms with E-state index in [0.29, 0.717) is 6.04 Å². The molecule has 2 heteroatoms. The van der Waals surface area contributed by atoms with Gasteiger partial charge in [-0.3, -0.25) is 4.98 Å². The van der Waals surface area contributed by atoms with Crippen molar-refractivity contribution in [2.75, 3.05) is 6.54 Å². The van der Waals surface area contributed by atoms with Crippen LogP contribution in [0.1, 0.15) is 31.9 Å². The van der Waals surface area contributed by atoms with E-state index < -0.39 is 0 Å². The van der Waals surface area contributed by atoms with Gasteiger partial charge in [-0.15, -0.1) is 6.58 Å². The van der Waals surface area contributed by atoms with Crippen LogP contribution >= 0.6 is 0 Å². The predicted octanol–water partition coefficient (Wildman–Crippen LogP) is 2.70. The molecule has 0 aliphatic heterocycles. The molecule has 0 bridgehead atoms. The van der Waals surface area contributed by atoms with E-state index in [1.54, 1.807) is 6.20 Å². The number of nitrogens with zero attached hydrogens (tertiary/aromatic N) is 1. The quantitative estimate of drug-likeness (QED) is 0.722. The van der Waals surface area contributed by atoms with Gasteiger partial charge in [-0.1, -0.05) is 11.6 Å². The van der Waals surface area contributed by atoms with E-state index in [2.05, 4.69) is 36.8 Å². The fraction of sp³-hybridized carbons (Fsp3) is 0.417. The largest absolute Gasteiger partial charge is 0.310 e. The summed E-state index contributed by atoms with van der Waals surface area (Å²) in [4.78, 5) is 4.09. The van der Waals surface area contributed by atoms with Crippen LogP contribution in [0.3, 0.4) is 0 Å². The fourth-order valence-corrected chi connectivity index (χ4v) is 1.25. The highest BCUT2D eigenvalue weighted by molar-refractivity contribution is 5.12. The van der Waals surface area contributed by atoms with E-state index in [-0.39, 0.29) is 0 Å². The minimum absolute atomic E-state index is 0.364. The summed E-state index contributed by atoms with van der Waals surface area (Å²) in [5.41, 5.74) is 2.45. The number of nitrogens with one attached hydrogen (secondary N) is 1. The van der Waals surface area contributed by atoms with Crippen LogP contribution in [0, 0.1) is 0 Å². The van der Waals surface area contributed by atoms with Crippen LogP contribution < -0.4 is 5.32 Å². The van der Waals surface area contributed by atoms with Crippen molar-refractivity contribution in [1.29, 1.82) is 0 Å². The van der Waals surface area contributed by atoms with E-state index in [0.717, 1.165) is 13.0 Å². The topological polar surface area (TPSA) is 24.9 Å². The number of pyridine rings is 1. The number of aromatic nitrogens is 1. The fourth-order valence-electron chi connectivity index (χ4n) is 1.25. The Hall–Kier alpha value is -1.15. The maximum Gasteiger partial charge on any atom is 0.0315 e. The monoisotopic (exact) mass is 190 g/mol. The molecule has 1 heterocycles. The summed E-state index contributed by atoms with van der Waals surface area (Å²) in [7, 11) is 0. The lowest BCUT2D eigenvalue weighted by Crippen LogP contribution is -2.19. The van der Waals surface area contributed by atoms with Crippen molar-refractivity contribution in [3.63, 3.8) is 0 Å². The molecule has 0 amide bonds. The third-order valence-electron chi connectivity index (χ3n) is 2.19. The molecule has 1 aromatic heterocycles. The Morgan fingerprint density at radius 3 is 3.00 bits per heavy atom. The van der Waals surface area contributed by atoms with Gasteiger partial charge in [-0.05, 0) is 38.4 Å². The second-order valence-corrected chi connectivity index (χ2v) is 3.67. The SMILES string of the molecule is C=C(C)CCN[C@@H](C)c1cccnc1. The van der Waals surface area contributed by atoms with Crippen LogP contribution in [-0.2, 0) is 0 Å². The first-order valence-electron chi connectivity index (χ1n) is 4.98. The molecule has 0 spiro atoms. The van der Waals surface area contributed by atoms with E-state index in [9.17, 15) is 0 Å². The van der Waals surface area contributed by atoms with E-state index >= 15 is 0 Å². The maximum absolute atomic E-state index is 4.09. The van der Waals surface area contributed by atoms with Gasteiger partial charge in [-0.2, -0.15) is 0 Å². The standard InChI is InChI=1S/C12H18N2/c1-10(2)6-8-14-11(3)12-5-4-7-13-9-12/h4-5,7,9,11,14H,1,6,8H2,2-3H3/t11-/m0/s1. The first-order chi connectivity index (χ1) is 6.70. The van der Waals surface area contributed by atoms with Crippen molar-refractivity contribution in [2.45, 2.75) is 26.3 Å². The van der Waals surface area contributed by atoms with Gasteiger partial charge >= 0.3 is 0 Å². The van der Waals surface area contributed by atoms with Gasteiger partial charge < -0.3 is 5.32 Å². The molecule has 0 unspecified atom stereocenters. The highest BCUT2D eigenvalue weighted by atomic mass is 14.9. The van der Waals surface area contributed by atoms with Crippen LogP contribution in [0.25, 0.3) is 0 Å². The molecule has 0 radical (unpaired) electrons. The zero-order valence-electron chi connectivity index (χ0n) is 8.96. The van der Waals surface area contributed by atoms with E-state index in [1.807, 2.05) is 12.3 Å². The summed E-state index contributed by atoms with van der Waals surface area (Å²) in [6.45, 7) is 9.05. The van der Waals surface area contributed by atoms with Crippen molar-refractivity contribution >= 4 is 0 Å². The van der Waals surface area contributed by atoms with Gasteiger partial charge in [-0.25, -0.2) is 0 Å². The second-order valence-electron chi connectivity index (χ2n) is 3.67. The molecule has 1 atom stereocenters. The molecule has 1 aromatic rings. The summed E-state index contributed by atoms with van der Waals surface area (Å²) in [5, 5.41) is 3.43. The minimum atomic E-state index is 0.364. The third kappa shape index (κ3) is 3.71. The summed E-state index contributed by atoms with van der Waals surface area (Å²) in [6, 6.07) is 4.42. The molecule has 2 nitrogen and oxygen atoms in total. The Labute approximate surface area is 86.1 Å². The normalized spacial score (nSPS) is 12.4. The van der Waals surface area contributed by atoms with Gasteiger partial charge in [0.15, 0.2) is 0 Å². The second kappa shape index (κ2) is 5.55. The molecule has 14 heavy (non-hydrogen) atoms. The Morgan fingerprint density at radius 2 is 2.43 bits per heavy atom. The number of hydrogen-bond donors (Lipinski definition) is 1. The Balaban J connectivity index is 2.36. The third-order valence-corrected chi connectivity index (χ3v) is 2.19. The average Bonchev–Trinajstić information content (AvgIpc) is 2.18. The van der Waals surface area contributed by atoms with Crippen LogP contribution in [0.15, 0.2) is 36.7 Å². The van der Waals surface area contributed by atoms with Crippen LogP contribution in [0.2, 0.25) is 0 Å². The molecule has 1 rings (SSSR count). The molecule has 0 aliphatic carbocycles. The van der Waals surface area contributed by atoms with Crippen LogP contribution in [0.4, 0.5) is 0 Å². The summed E-state index contributed by atoms with van der Waals surface area (Å²) < 4.78 is 0. The average molecular weight is 190 g/mol. The molecule has 0 saturated heterocycles. The molecule has 0 saturated carbocycles. The van der Waals surface area contributed by atoms with Gasteiger partial charge in [0.05, 0.1) is 0 Å². The maximum atomic E-state index is 4.09. The van der Waals surface area contributed by atoms with Gasteiger partial charge in [0.25, 0.3) is 0 Å². The number of hydrogen-bond acceptors (Lipinski definition) is 2. The zero-order chi connectivity index (χ0) is 10.4. The molecule has 0 fully saturated rings. The van der Waals surface area contributed by atoms with Crippen LogP contribution in [0.5, 0.6) is 0 Å². The van der Waals surface area contributed by atoms with E-state index in [4.69, 9.17) is 0 Å². The molecular formula is C12H18N2. The molecule has 0 aromatic carbocycles. The van der Waals surface area contributed by atoms with Crippen molar-refractivity contribution in [3.8, 4) is 0 Å². The lowest BCUT2D eigenvalue weighted by molar-refractivity contribution is 0.574. The van der Waals surface area contributed by atoms with Gasteiger partial charge in [0.1, 0.15) is 0 Å². The molecule has 76 valence electrons. The van der Waals surface area contributed by atoms with Gasteiger partial charge in [0.2, 0.25) is 0 Å². The smallest absolute Gasteiger partial charge is 0.0315 e. The predicted molar refractivity (Wildman–Crippen MR) is 60.1 cm³/mol. The van der Waals surface area contributed by atoms with E-state index in [1.165, 1.54) is 11.1 Å². The van der Waals surface area contributed by atoms with Crippen LogP contribution in [-0.4, -0.2) is 11.5 Å². The first kappa shape index (κ1) is 10.9. The molecule has 1 N–H and O–H groups in total. The summed E-state index contributed by atoms with van der Waals surface area (Å²) in [6.07, 6.45) is 4.73. The van der Waals surface area contributed by atoms with Crippen molar-refractivity contribution < 1.29 is 0 Å². The number of rotatable bonds is 5. The lowest BCUT2D eigenvalue weighted by atomic mass is 10.1. The highest BCUT2D eigenvalue weighted by Gasteiger charge is 2.02. The molecular weight excluding hydrogens is 172 g/mol. The summed E-state index contributed by atoms with van der Waals surface area (Å²) >= 11 is 0. The molecule has 0 aliphatic rings. The van der Waals surface area contributed by atoms with Crippen molar-refractivity contribution in [2.24, 2.45) is 0 Å². The van der Waals surface area contributed by atoms with Crippen molar-refractivity contribution in [3.05, 3.63) is 42.2 Å².